The number of hydrogen-bond acceptors (Lipinski definition) is 5. The van der Waals surface area contributed by atoms with Gasteiger partial charge in [-0.2, -0.15) is 0 Å². The predicted octanol–water partition coefficient (Wildman–Crippen LogP) is 3.61. The predicted molar refractivity (Wildman–Crippen MR) is 107 cm³/mol. The number of aliphatic imine (C=N–C) groups is 1. The highest BCUT2D eigenvalue weighted by atomic mass is 16.2. The number of amides is 1. The molecule has 3 heterocycles. The molecule has 28 heavy (non-hydrogen) atoms. The van der Waals surface area contributed by atoms with Gasteiger partial charge in [0.15, 0.2) is 5.78 Å². The summed E-state index contributed by atoms with van der Waals surface area (Å²) in [7, 11) is 0. The van der Waals surface area contributed by atoms with Gasteiger partial charge in [0, 0.05) is 47.4 Å². The van der Waals surface area contributed by atoms with Gasteiger partial charge in [0.25, 0.3) is 0 Å². The van der Waals surface area contributed by atoms with Crippen LogP contribution in [0.25, 0.3) is 0 Å². The molecule has 142 valence electrons. The number of aryl methyl sites for hydroxylation is 1. The van der Waals surface area contributed by atoms with Crippen molar-refractivity contribution in [3.8, 4) is 0 Å². The largest absolute Gasteiger partial charge is 0.310 e. The van der Waals surface area contributed by atoms with E-state index < -0.39 is 5.92 Å². The number of anilines is 1. The second-order valence-corrected chi connectivity index (χ2v) is 7.29. The van der Waals surface area contributed by atoms with Crippen LogP contribution in [0, 0.1) is 12.8 Å². The summed E-state index contributed by atoms with van der Waals surface area (Å²) in [6.07, 6.45) is 5.50. The van der Waals surface area contributed by atoms with Crippen LogP contribution >= 0.6 is 0 Å². The first-order valence-corrected chi connectivity index (χ1v) is 9.50. The van der Waals surface area contributed by atoms with E-state index in [4.69, 9.17) is 0 Å². The summed E-state index contributed by atoms with van der Waals surface area (Å²) in [6.45, 7) is 3.74. The Bertz CT molecular complexity index is 995. The Morgan fingerprint density at radius 2 is 2.00 bits per heavy atom. The van der Waals surface area contributed by atoms with Crippen LogP contribution in [0.1, 0.15) is 43.4 Å². The second-order valence-electron chi connectivity index (χ2n) is 7.29. The minimum Gasteiger partial charge on any atom is -0.310 e. The Labute approximate surface area is 163 Å². The molecule has 0 aromatic carbocycles. The first kappa shape index (κ1) is 18.2. The van der Waals surface area contributed by atoms with Gasteiger partial charge in [0.1, 0.15) is 5.82 Å². The molecule has 0 bridgehead atoms. The molecule has 2 aromatic heterocycles. The van der Waals surface area contributed by atoms with Gasteiger partial charge in [-0.25, -0.2) is 4.98 Å². The normalized spacial score (nSPS) is 21.8. The molecule has 0 saturated heterocycles. The molecule has 1 N–H and O–H groups in total. The number of Topliss-reactive ketones (excluding diaryl/α,β-unsaturated/α-hetero) is 1. The molecule has 2 atom stereocenters. The van der Waals surface area contributed by atoms with E-state index >= 15 is 0 Å². The van der Waals surface area contributed by atoms with E-state index in [1.54, 1.807) is 18.5 Å². The van der Waals surface area contributed by atoms with E-state index in [1.165, 1.54) is 0 Å². The molecule has 1 unspecified atom stereocenters. The van der Waals surface area contributed by atoms with Crippen LogP contribution < -0.4 is 5.32 Å². The summed E-state index contributed by atoms with van der Waals surface area (Å²) < 4.78 is 0. The fourth-order valence-electron chi connectivity index (χ4n) is 4.08. The third-order valence-corrected chi connectivity index (χ3v) is 5.30. The maximum absolute atomic E-state index is 13.3. The van der Waals surface area contributed by atoms with Gasteiger partial charge in [-0.15, -0.1) is 0 Å². The zero-order valence-corrected chi connectivity index (χ0v) is 16.0. The van der Waals surface area contributed by atoms with E-state index in [0.717, 1.165) is 29.8 Å². The molecule has 1 amide bonds. The molecular formula is C22H22N4O2. The molecule has 6 heteroatoms. The zero-order valence-electron chi connectivity index (χ0n) is 16.0. The summed E-state index contributed by atoms with van der Waals surface area (Å²) in [5.74, 6) is -0.584. The lowest BCUT2D eigenvalue weighted by Gasteiger charge is -2.34. The summed E-state index contributed by atoms with van der Waals surface area (Å²) in [4.78, 5) is 39.3. The molecule has 2 aliphatic rings. The number of pyridine rings is 2. The van der Waals surface area contributed by atoms with Gasteiger partial charge < -0.3 is 5.32 Å². The van der Waals surface area contributed by atoms with Gasteiger partial charge in [-0.1, -0.05) is 12.1 Å². The molecule has 0 spiro atoms. The standard InChI is InChI=1S/C22H22N4O2/c1-13-6-3-10-18(24-13)26-22(28)19-14(2)25-16-8-4-9-17(27)21(16)20(19)15-7-5-11-23-12-15/h3,5-7,10-12,19-20H,4,8-9H2,1-2H3,(H,24,26,28)/t19?,20-/m0/s1. The van der Waals surface area contributed by atoms with Crippen LogP contribution in [0.15, 0.2) is 59.0 Å². The minimum absolute atomic E-state index is 0.0813. The smallest absolute Gasteiger partial charge is 0.235 e. The zero-order chi connectivity index (χ0) is 19.7. The van der Waals surface area contributed by atoms with Crippen molar-refractivity contribution in [3.63, 3.8) is 0 Å². The Morgan fingerprint density at radius 1 is 1.14 bits per heavy atom. The highest BCUT2D eigenvalue weighted by Gasteiger charge is 2.42. The van der Waals surface area contributed by atoms with Crippen molar-refractivity contribution in [2.75, 3.05) is 5.32 Å². The summed E-state index contributed by atoms with van der Waals surface area (Å²) in [5.41, 5.74) is 3.88. The van der Waals surface area contributed by atoms with Crippen molar-refractivity contribution in [2.24, 2.45) is 10.9 Å². The number of rotatable bonds is 3. The number of allylic oxidation sites excluding steroid dienone is 2. The van der Waals surface area contributed by atoms with E-state index in [2.05, 4.69) is 20.3 Å². The average Bonchev–Trinajstić information content (AvgIpc) is 2.67. The van der Waals surface area contributed by atoms with Crippen molar-refractivity contribution >= 4 is 23.2 Å². The summed E-state index contributed by atoms with van der Waals surface area (Å²) in [6, 6.07) is 9.24. The van der Waals surface area contributed by atoms with Gasteiger partial charge in [-0.05, 0) is 50.5 Å². The molecule has 4 rings (SSSR count). The van der Waals surface area contributed by atoms with Gasteiger partial charge in [0.2, 0.25) is 5.91 Å². The van der Waals surface area contributed by atoms with Crippen molar-refractivity contribution in [2.45, 2.75) is 39.0 Å². The molecule has 0 saturated carbocycles. The number of carbonyl (C=O) groups is 2. The number of nitrogens with zero attached hydrogens (tertiary/aromatic N) is 3. The first-order chi connectivity index (χ1) is 13.5. The van der Waals surface area contributed by atoms with Gasteiger partial charge >= 0.3 is 0 Å². The fourth-order valence-corrected chi connectivity index (χ4v) is 4.08. The quantitative estimate of drug-likeness (QED) is 0.889. The van der Waals surface area contributed by atoms with Crippen LogP contribution in [0.3, 0.4) is 0 Å². The fraction of sp³-hybridized carbons (Fsp3) is 0.318. The first-order valence-electron chi connectivity index (χ1n) is 9.50. The second kappa shape index (κ2) is 7.46. The lowest BCUT2D eigenvalue weighted by molar-refractivity contribution is -0.119. The molecular weight excluding hydrogens is 352 g/mol. The Kier molecular flexibility index (Phi) is 4.86. The van der Waals surface area contributed by atoms with Crippen LogP contribution in [0.4, 0.5) is 5.82 Å². The summed E-state index contributed by atoms with van der Waals surface area (Å²) in [5, 5.41) is 2.91. The monoisotopic (exact) mass is 374 g/mol. The van der Waals surface area contributed by atoms with Crippen LogP contribution in [0.2, 0.25) is 0 Å². The van der Waals surface area contributed by atoms with Crippen molar-refractivity contribution in [1.82, 2.24) is 9.97 Å². The van der Waals surface area contributed by atoms with Crippen molar-refractivity contribution in [1.29, 1.82) is 0 Å². The van der Waals surface area contributed by atoms with Crippen LogP contribution in [-0.2, 0) is 9.59 Å². The minimum atomic E-state index is -0.577. The molecule has 6 nitrogen and oxygen atoms in total. The number of hydrogen-bond donors (Lipinski definition) is 1. The number of ketones is 1. The van der Waals surface area contributed by atoms with Crippen LogP contribution in [0.5, 0.6) is 0 Å². The van der Waals surface area contributed by atoms with E-state index in [-0.39, 0.29) is 17.6 Å². The van der Waals surface area contributed by atoms with Crippen LogP contribution in [-0.4, -0.2) is 27.4 Å². The molecule has 0 radical (unpaired) electrons. The van der Waals surface area contributed by atoms with Gasteiger partial charge in [0.05, 0.1) is 5.92 Å². The molecule has 1 aliphatic carbocycles. The van der Waals surface area contributed by atoms with Crippen molar-refractivity contribution in [3.05, 3.63) is 65.3 Å². The third kappa shape index (κ3) is 3.38. The Hall–Kier alpha value is -3.15. The highest BCUT2D eigenvalue weighted by Crippen LogP contribution is 2.43. The summed E-state index contributed by atoms with van der Waals surface area (Å²) >= 11 is 0. The maximum Gasteiger partial charge on any atom is 0.235 e. The lowest BCUT2D eigenvalue weighted by atomic mass is 9.72. The Morgan fingerprint density at radius 3 is 2.75 bits per heavy atom. The Balaban J connectivity index is 1.76. The van der Waals surface area contributed by atoms with Crippen molar-refractivity contribution < 1.29 is 9.59 Å². The number of carbonyl (C=O) groups excluding carboxylic acids is 2. The highest BCUT2D eigenvalue weighted by molar-refractivity contribution is 6.13. The van der Waals surface area contributed by atoms with Gasteiger partial charge in [-0.3, -0.25) is 19.6 Å². The topological polar surface area (TPSA) is 84.3 Å². The molecule has 0 fully saturated rings. The number of nitrogens with one attached hydrogen (secondary N) is 1. The lowest BCUT2D eigenvalue weighted by Crippen LogP contribution is -2.39. The maximum atomic E-state index is 13.3. The average molecular weight is 374 g/mol. The molecule has 2 aromatic rings. The van der Waals surface area contributed by atoms with E-state index in [1.807, 2.05) is 38.1 Å². The number of aromatic nitrogens is 2. The van der Waals surface area contributed by atoms with E-state index in [0.29, 0.717) is 23.5 Å². The molecule has 1 aliphatic heterocycles. The van der Waals surface area contributed by atoms with E-state index in [9.17, 15) is 9.59 Å². The third-order valence-electron chi connectivity index (χ3n) is 5.30. The SMILES string of the molecule is CC1=NC2=C(C(=O)CCC2)[C@@H](c2cccnc2)C1C(=O)Nc1cccc(C)n1.